The first-order chi connectivity index (χ1) is 9.76. The number of hydrogen-bond acceptors (Lipinski definition) is 3. The van der Waals surface area contributed by atoms with E-state index in [9.17, 15) is 0 Å². The van der Waals surface area contributed by atoms with Crippen LogP contribution in [0.2, 0.25) is 0 Å². The molecule has 3 rings (SSSR count). The van der Waals surface area contributed by atoms with Gasteiger partial charge in [0.2, 0.25) is 0 Å². The normalized spacial score (nSPS) is 22.5. The van der Waals surface area contributed by atoms with Gasteiger partial charge in [0, 0.05) is 30.9 Å². The molecule has 3 heteroatoms. The van der Waals surface area contributed by atoms with Gasteiger partial charge in [0.1, 0.15) is 5.82 Å². The van der Waals surface area contributed by atoms with Crippen molar-refractivity contribution in [1.29, 1.82) is 0 Å². The van der Waals surface area contributed by atoms with Gasteiger partial charge in [-0.1, -0.05) is 13.3 Å². The Hall–Kier alpha value is -1.09. The van der Waals surface area contributed by atoms with Crippen LogP contribution >= 0.6 is 0 Å². The van der Waals surface area contributed by atoms with Crippen molar-refractivity contribution in [1.82, 2.24) is 10.3 Å². The highest BCUT2D eigenvalue weighted by atomic mass is 15.2. The minimum absolute atomic E-state index is 0.642. The number of hydrogen-bond donors (Lipinski definition) is 1. The Kier molecular flexibility index (Phi) is 4.25. The maximum absolute atomic E-state index is 4.90. The summed E-state index contributed by atoms with van der Waals surface area (Å²) in [5, 5.41) is 3.62. The second kappa shape index (κ2) is 6.13. The SMILES string of the molecule is CCCc1cc(CNC2CC2)cc(N2CCCC2C)n1. The minimum Gasteiger partial charge on any atom is -0.354 e. The highest BCUT2D eigenvalue weighted by molar-refractivity contribution is 5.45. The fourth-order valence-corrected chi connectivity index (χ4v) is 3.09. The lowest BCUT2D eigenvalue weighted by Gasteiger charge is -2.24. The van der Waals surface area contributed by atoms with E-state index in [0.717, 1.165) is 19.0 Å². The molecule has 1 saturated carbocycles. The van der Waals surface area contributed by atoms with Crippen LogP contribution in [-0.4, -0.2) is 23.6 Å². The van der Waals surface area contributed by atoms with E-state index >= 15 is 0 Å². The van der Waals surface area contributed by atoms with Crippen LogP contribution in [0.4, 0.5) is 5.82 Å². The molecule has 2 fully saturated rings. The average molecular weight is 273 g/mol. The number of aromatic nitrogens is 1. The van der Waals surface area contributed by atoms with Gasteiger partial charge in [-0.2, -0.15) is 0 Å². The molecular formula is C17H27N3. The lowest BCUT2D eigenvalue weighted by Crippen LogP contribution is -2.28. The summed E-state index contributed by atoms with van der Waals surface area (Å²) >= 11 is 0. The molecule has 2 heterocycles. The summed E-state index contributed by atoms with van der Waals surface area (Å²) in [7, 11) is 0. The standard InChI is InChI=1S/C17H27N3/c1-3-5-16-10-14(12-18-15-7-8-15)11-17(19-16)20-9-4-6-13(20)2/h10-11,13,15,18H,3-9,12H2,1-2H3. The number of aryl methyl sites for hydroxylation is 1. The third-order valence-electron chi connectivity index (χ3n) is 4.45. The predicted octanol–water partition coefficient (Wildman–Crippen LogP) is 3.27. The summed E-state index contributed by atoms with van der Waals surface area (Å²) in [6.45, 7) is 6.72. The lowest BCUT2D eigenvalue weighted by molar-refractivity contribution is 0.681. The van der Waals surface area contributed by atoms with Crippen LogP contribution in [-0.2, 0) is 13.0 Å². The van der Waals surface area contributed by atoms with Gasteiger partial charge < -0.3 is 10.2 Å². The van der Waals surface area contributed by atoms with Crippen LogP contribution in [0, 0.1) is 0 Å². The molecule has 1 N–H and O–H groups in total. The molecule has 0 aromatic carbocycles. The van der Waals surface area contributed by atoms with Gasteiger partial charge in [-0.25, -0.2) is 4.98 Å². The Morgan fingerprint density at radius 1 is 1.30 bits per heavy atom. The van der Waals surface area contributed by atoms with Gasteiger partial charge in [0.05, 0.1) is 0 Å². The Labute approximate surface area is 122 Å². The molecule has 0 radical (unpaired) electrons. The van der Waals surface area contributed by atoms with E-state index in [4.69, 9.17) is 4.98 Å². The summed E-state index contributed by atoms with van der Waals surface area (Å²) in [6, 6.07) is 6.01. The van der Waals surface area contributed by atoms with Crippen molar-refractivity contribution in [3.8, 4) is 0 Å². The zero-order valence-electron chi connectivity index (χ0n) is 12.9. The monoisotopic (exact) mass is 273 g/mol. The van der Waals surface area contributed by atoms with Crippen LogP contribution in [0.1, 0.15) is 57.2 Å². The van der Waals surface area contributed by atoms with Crippen molar-refractivity contribution in [3.05, 3.63) is 23.4 Å². The zero-order valence-corrected chi connectivity index (χ0v) is 12.9. The summed E-state index contributed by atoms with van der Waals surface area (Å²) in [4.78, 5) is 7.38. The molecule has 110 valence electrons. The van der Waals surface area contributed by atoms with Gasteiger partial charge in [-0.3, -0.25) is 0 Å². The Morgan fingerprint density at radius 3 is 2.80 bits per heavy atom. The van der Waals surface area contributed by atoms with Crippen molar-refractivity contribution in [2.75, 3.05) is 11.4 Å². The van der Waals surface area contributed by atoms with E-state index in [2.05, 4.69) is 36.2 Å². The first kappa shape index (κ1) is 13.9. The van der Waals surface area contributed by atoms with Crippen LogP contribution in [0.3, 0.4) is 0 Å². The van der Waals surface area contributed by atoms with Crippen LogP contribution in [0.5, 0.6) is 0 Å². The number of nitrogens with one attached hydrogen (secondary N) is 1. The number of nitrogens with zero attached hydrogens (tertiary/aromatic N) is 2. The van der Waals surface area contributed by atoms with E-state index in [1.54, 1.807) is 0 Å². The smallest absolute Gasteiger partial charge is 0.129 e. The molecule has 0 spiro atoms. The van der Waals surface area contributed by atoms with Crippen molar-refractivity contribution in [2.24, 2.45) is 0 Å². The zero-order chi connectivity index (χ0) is 13.9. The quantitative estimate of drug-likeness (QED) is 0.862. The second-order valence-corrected chi connectivity index (χ2v) is 6.41. The number of rotatable bonds is 6. The molecular weight excluding hydrogens is 246 g/mol. The van der Waals surface area contributed by atoms with E-state index in [1.165, 1.54) is 55.7 Å². The number of anilines is 1. The fraction of sp³-hybridized carbons (Fsp3) is 0.706. The number of pyridine rings is 1. The largest absolute Gasteiger partial charge is 0.354 e. The van der Waals surface area contributed by atoms with Gasteiger partial charge in [0.15, 0.2) is 0 Å². The first-order valence-electron chi connectivity index (χ1n) is 8.26. The summed E-state index contributed by atoms with van der Waals surface area (Å²) in [5.41, 5.74) is 2.67. The molecule has 0 amide bonds. The molecule has 0 bridgehead atoms. The maximum atomic E-state index is 4.90. The van der Waals surface area contributed by atoms with Gasteiger partial charge in [-0.05, 0) is 56.7 Å². The molecule has 1 unspecified atom stereocenters. The highest BCUT2D eigenvalue weighted by Crippen LogP contribution is 2.26. The molecule has 1 aromatic heterocycles. The lowest BCUT2D eigenvalue weighted by atomic mass is 10.1. The Morgan fingerprint density at radius 2 is 2.15 bits per heavy atom. The van der Waals surface area contributed by atoms with Gasteiger partial charge >= 0.3 is 0 Å². The molecule has 1 atom stereocenters. The van der Waals surface area contributed by atoms with Crippen LogP contribution < -0.4 is 10.2 Å². The fourth-order valence-electron chi connectivity index (χ4n) is 3.09. The van der Waals surface area contributed by atoms with Crippen molar-refractivity contribution in [2.45, 2.75) is 71.0 Å². The van der Waals surface area contributed by atoms with E-state index in [-0.39, 0.29) is 0 Å². The predicted molar refractivity (Wildman–Crippen MR) is 84.1 cm³/mol. The molecule has 1 aromatic rings. The van der Waals surface area contributed by atoms with Gasteiger partial charge in [-0.15, -0.1) is 0 Å². The Balaban J connectivity index is 1.79. The van der Waals surface area contributed by atoms with Crippen LogP contribution in [0.25, 0.3) is 0 Å². The molecule has 20 heavy (non-hydrogen) atoms. The summed E-state index contributed by atoms with van der Waals surface area (Å²) in [5.74, 6) is 1.20. The third kappa shape index (κ3) is 3.32. The molecule has 2 aliphatic rings. The van der Waals surface area contributed by atoms with Crippen LogP contribution in [0.15, 0.2) is 12.1 Å². The maximum Gasteiger partial charge on any atom is 0.129 e. The molecule has 1 aliphatic carbocycles. The molecule has 3 nitrogen and oxygen atoms in total. The minimum atomic E-state index is 0.642. The average Bonchev–Trinajstić information content (AvgIpc) is 3.17. The van der Waals surface area contributed by atoms with Crippen molar-refractivity contribution in [3.63, 3.8) is 0 Å². The second-order valence-electron chi connectivity index (χ2n) is 6.41. The van der Waals surface area contributed by atoms with E-state index in [1.807, 2.05) is 0 Å². The highest BCUT2D eigenvalue weighted by Gasteiger charge is 2.23. The first-order valence-corrected chi connectivity index (χ1v) is 8.26. The van der Waals surface area contributed by atoms with Crippen molar-refractivity contribution < 1.29 is 0 Å². The third-order valence-corrected chi connectivity index (χ3v) is 4.45. The van der Waals surface area contributed by atoms with Crippen molar-refractivity contribution >= 4 is 5.82 Å². The van der Waals surface area contributed by atoms with E-state index in [0.29, 0.717) is 6.04 Å². The molecule has 1 aliphatic heterocycles. The van der Waals surface area contributed by atoms with Gasteiger partial charge in [0.25, 0.3) is 0 Å². The topological polar surface area (TPSA) is 28.2 Å². The summed E-state index contributed by atoms with van der Waals surface area (Å²) < 4.78 is 0. The van der Waals surface area contributed by atoms with E-state index < -0.39 is 0 Å². The summed E-state index contributed by atoms with van der Waals surface area (Å²) in [6.07, 6.45) is 7.56. The molecule has 1 saturated heterocycles. The Bertz CT molecular complexity index is 454.